The van der Waals surface area contributed by atoms with E-state index >= 15 is 0 Å². The van der Waals surface area contributed by atoms with Crippen molar-refractivity contribution < 1.29 is 9.53 Å². The van der Waals surface area contributed by atoms with Gasteiger partial charge in [-0.1, -0.05) is 43.3 Å². The molecule has 4 nitrogen and oxygen atoms in total. The fourth-order valence-electron chi connectivity index (χ4n) is 2.44. The number of nitrogens with zero attached hydrogens (tertiary/aromatic N) is 2. The lowest BCUT2D eigenvalue weighted by molar-refractivity contribution is 0.0746. The van der Waals surface area contributed by atoms with Gasteiger partial charge in [0, 0.05) is 18.7 Å². The van der Waals surface area contributed by atoms with Crippen LogP contribution in [0.2, 0.25) is 0 Å². The summed E-state index contributed by atoms with van der Waals surface area (Å²) in [7, 11) is 0. The van der Waals surface area contributed by atoms with Gasteiger partial charge >= 0.3 is 0 Å². The van der Waals surface area contributed by atoms with E-state index in [-0.39, 0.29) is 12.0 Å². The van der Waals surface area contributed by atoms with E-state index in [9.17, 15) is 4.79 Å². The van der Waals surface area contributed by atoms with Crippen LogP contribution in [0.15, 0.2) is 54.6 Å². The third-order valence-corrected chi connectivity index (χ3v) is 3.99. The molecule has 0 saturated carbocycles. The molecular weight excluding hydrogens is 312 g/mol. The molecule has 2 rings (SSSR count). The highest BCUT2D eigenvalue weighted by atomic mass is 16.5. The van der Waals surface area contributed by atoms with Crippen molar-refractivity contribution in [3.05, 3.63) is 65.7 Å². The number of benzene rings is 2. The molecule has 0 aliphatic rings. The molecule has 0 aliphatic heterocycles. The Morgan fingerprint density at radius 1 is 1.20 bits per heavy atom. The first kappa shape index (κ1) is 18.5. The van der Waals surface area contributed by atoms with Crippen molar-refractivity contribution in [2.45, 2.75) is 39.3 Å². The Labute approximate surface area is 149 Å². The third kappa shape index (κ3) is 5.65. The zero-order chi connectivity index (χ0) is 18.1. The minimum Gasteiger partial charge on any atom is -0.491 e. The van der Waals surface area contributed by atoms with Crippen molar-refractivity contribution in [3.63, 3.8) is 0 Å². The van der Waals surface area contributed by atoms with Crippen LogP contribution >= 0.6 is 0 Å². The molecule has 4 heteroatoms. The van der Waals surface area contributed by atoms with Gasteiger partial charge in [-0.3, -0.25) is 4.79 Å². The van der Waals surface area contributed by atoms with Gasteiger partial charge in [0.25, 0.3) is 5.91 Å². The SMILES string of the molecule is CCC(C)Oc1cccc(C(=O)N(CCC#N)Cc2ccccc2)c1. The highest BCUT2D eigenvalue weighted by Crippen LogP contribution is 2.18. The van der Waals surface area contributed by atoms with E-state index in [1.165, 1.54) is 0 Å². The molecule has 0 N–H and O–H groups in total. The first-order valence-corrected chi connectivity index (χ1v) is 8.61. The fourth-order valence-corrected chi connectivity index (χ4v) is 2.44. The second-order valence-corrected chi connectivity index (χ2v) is 5.98. The number of hydrogen-bond donors (Lipinski definition) is 0. The summed E-state index contributed by atoms with van der Waals surface area (Å²) in [5.74, 6) is 0.605. The van der Waals surface area contributed by atoms with Crippen molar-refractivity contribution in [3.8, 4) is 11.8 Å². The first-order valence-electron chi connectivity index (χ1n) is 8.61. The molecule has 0 aromatic heterocycles. The van der Waals surface area contributed by atoms with Gasteiger partial charge < -0.3 is 9.64 Å². The summed E-state index contributed by atoms with van der Waals surface area (Å²) in [6.45, 7) is 4.95. The van der Waals surface area contributed by atoms with Crippen LogP contribution in [0.25, 0.3) is 0 Å². The third-order valence-electron chi connectivity index (χ3n) is 3.99. The maximum Gasteiger partial charge on any atom is 0.254 e. The summed E-state index contributed by atoms with van der Waals surface area (Å²) in [6, 6.07) is 19.2. The molecule has 1 atom stereocenters. The maximum absolute atomic E-state index is 12.9. The van der Waals surface area contributed by atoms with Gasteiger partial charge in [-0.05, 0) is 37.1 Å². The van der Waals surface area contributed by atoms with Gasteiger partial charge in [-0.25, -0.2) is 0 Å². The van der Waals surface area contributed by atoms with E-state index in [2.05, 4.69) is 13.0 Å². The number of carbonyl (C=O) groups excluding carboxylic acids is 1. The zero-order valence-corrected chi connectivity index (χ0v) is 14.8. The predicted molar refractivity (Wildman–Crippen MR) is 98.2 cm³/mol. The summed E-state index contributed by atoms with van der Waals surface area (Å²) in [6.07, 6.45) is 1.31. The monoisotopic (exact) mass is 336 g/mol. The van der Waals surface area contributed by atoms with Crippen LogP contribution in [0, 0.1) is 11.3 Å². The number of rotatable bonds is 8. The molecule has 0 saturated heterocycles. The number of hydrogen-bond acceptors (Lipinski definition) is 3. The van der Waals surface area contributed by atoms with Crippen molar-refractivity contribution in [2.24, 2.45) is 0 Å². The standard InChI is InChI=1S/C21H24N2O2/c1-3-17(2)25-20-12-7-11-19(15-20)21(24)23(14-8-13-22)16-18-9-5-4-6-10-18/h4-7,9-12,15,17H,3,8,14,16H2,1-2H3. The van der Waals surface area contributed by atoms with Crippen molar-refractivity contribution in [1.82, 2.24) is 4.90 Å². The highest BCUT2D eigenvalue weighted by Gasteiger charge is 2.17. The van der Waals surface area contributed by atoms with Crippen molar-refractivity contribution in [1.29, 1.82) is 5.26 Å². The lowest BCUT2D eigenvalue weighted by atomic mass is 10.1. The molecule has 0 radical (unpaired) electrons. The molecule has 0 fully saturated rings. The summed E-state index contributed by atoms with van der Waals surface area (Å²) >= 11 is 0. The Bertz CT molecular complexity index is 722. The normalized spacial score (nSPS) is 11.4. The van der Waals surface area contributed by atoms with Crippen LogP contribution in [0.3, 0.4) is 0 Å². The summed E-state index contributed by atoms with van der Waals surface area (Å²) in [4.78, 5) is 14.6. The maximum atomic E-state index is 12.9. The average Bonchev–Trinajstić information content (AvgIpc) is 2.65. The lowest BCUT2D eigenvalue weighted by Crippen LogP contribution is -2.31. The average molecular weight is 336 g/mol. The lowest BCUT2D eigenvalue weighted by Gasteiger charge is -2.22. The van der Waals surface area contributed by atoms with Crippen LogP contribution in [-0.4, -0.2) is 23.5 Å². The minimum absolute atomic E-state index is 0.0892. The van der Waals surface area contributed by atoms with Gasteiger partial charge in [0.2, 0.25) is 0 Å². The Morgan fingerprint density at radius 3 is 2.64 bits per heavy atom. The zero-order valence-electron chi connectivity index (χ0n) is 14.8. The number of nitriles is 1. The molecule has 2 aromatic carbocycles. The van der Waals surface area contributed by atoms with E-state index in [4.69, 9.17) is 10.00 Å². The van der Waals surface area contributed by atoms with Crippen molar-refractivity contribution in [2.75, 3.05) is 6.54 Å². The van der Waals surface area contributed by atoms with Crippen molar-refractivity contribution >= 4 is 5.91 Å². The van der Waals surface area contributed by atoms with Gasteiger partial charge in [-0.15, -0.1) is 0 Å². The molecule has 0 aliphatic carbocycles. The fraction of sp³-hybridized carbons (Fsp3) is 0.333. The highest BCUT2D eigenvalue weighted by molar-refractivity contribution is 5.94. The summed E-state index contributed by atoms with van der Waals surface area (Å²) in [5, 5.41) is 8.90. The molecule has 1 unspecified atom stereocenters. The van der Waals surface area contributed by atoms with Gasteiger partial charge in [0.15, 0.2) is 0 Å². The Kier molecular flexibility index (Phi) is 7.03. The molecule has 0 spiro atoms. The second-order valence-electron chi connectivity index (χ2n) is 5.98. The Morgan fingerprint density at radius 2 is 1.96 bits per heavy atom. The van der Waals surface area contributed by atoms with Gasteiger partial charge in [-0.2, -0.15) is 5.26 Å². The summed E-state index contributed by atoms with van der Waals surface area (Å²) < 4.78 is 5.81. The van der Waals surface area contributed by atoms with Crippen LogP contribution in [0.5, 0.6) is 5.75 Å². The van der Waals surface area contributed by atoms with Crippen LogP contribution in [0.4, 0.5) is 0 Å². The van der Waals surface area contributed by atoms with Crippen LogP contribution in [-0.2, 0) is 6.54 Å². The second kappa shape index (κ2) is 9.48. The molecule has 0 bridgehead atoms. The molecule has 0 heterocycles. The number of amides is 1. The van der Waals surface area contributed by atoms with Crippen LogP contribution in [0.1, 0.15) is 42.6 Å². The minimum atomic E-state index is -0.0892. The van der Waals surface area contributed by atoms with Gasteiger partial charge in [0.1, 0.15) is 5.75 Å². The van der Waals surface area contributed by atoms with E-state index < -0.39 is 0 Å². The quantitative estimate of drug-likeness (QED) is 0.717. The Balaban J connectivity index is 2.17. The summed E-state index contributed by atoms with van der Waals surface area (Å²) in [5.41, 5.74) is 1.62. The number of carbonyl (C=O) groups is 1. The first-order chi connectivity index (χ1) is 12.1. The molecule has 130 valence electrons. The molecule has 1 amide bonds. The van der Waals surface area contributed by atoms with E-state index in [1.807, 2.05) is 49.4 Å². The Hall–Kier alpha value is -2.80. The smallest absolute Gasteiger partial charge is 0.254 e. The topological polar surface area (TPSA) is 53.3 Å². The predicted octanol–water partition coefficient (Wildman–Crippen LogP) is 4.42. The molecule has 2 aromatic rings. The van der Waals surface area contributed by atoms with E-state index in [1.54, 1.807) is 17.0 Å². The molecule has 25 heavy (non-hydrogen) atoms. The van der Waals surface area contributed by atoms with Gasteiger partial charge in [0.05, 0.1) is 18.6 Å². The largest absolute Gasteiger partial charge is 0.491 e. The van der Waals surface area contributed by atoms with E-state index in [0.29, 0.717) is 30.8 Å². The molecular formula is C21H24N2O2. The van der Waals surface area contributed by atoms with Crippen LogP contribution < -0.4 is 4.74 Å². The number of ether oxygens (including phenoxy) is 1. The van der Waals surface area contributed by atoms with E-state index in [0.717, 1.165) is 12.0 Å².